The molecule has 2 aromatic rings. The van der Waals surface area contributed by atoms with Gasteiger partial charge in [0.15, 0.2) is 0 Å². The van der Waals surface area contributed by atoms with Crippen molar-refractivity contribution in [2.45, 2.75) is 19.0 Å². The van der Waals surface area contributed by atoms with Gasteiger partial charge in [-0.25, -0.2) is 4.68 Å². The van der Waals surface area contributed by atoms with Gasteiger partial charge in [0.25, 0.3) is 0 Å². The van der Waals surface area contributed by atoms with Crippen molar-refractivity contribution in [3.63, 3.8) is 0 Å². The molecule has 1 N–H and O–H groups in total. The third kappa shape index (κ3) is 4.62. The third-order valence-electron chi connectivity index (χ3n) is 2.88. The number of hydrogen-bond donors (Lipinski definition) is 1. The Labute approximate surface area is 135 Å². The fourth-order valence-corrected chi connectivity index (χ4v) is 2.28. The number of nitrogens with one attached hydrogen (secondary N) is 1. The fourth-order valence-electron chi connectivity index (χ4n) is 1.87. The first-order valence-corrected chi connectivity index (χ1v) is 7.20. The van der Waals surface area contributed by atoms with E-state index in [1.165, 1.54) is 18.1 Å². The minimum absolute atomic E-state index is 0.0291. The average molecular weight is 368 g/mol. The van der Waals surface area contributed by atoms with Crippen molar-refractivity contribution in [2.24, 2.45) is 0 Å². The molecule has 22 heavy (non-hydrogen) atoms. The van der Waals surface area contributed by atoms with Crippen molar-refractivity contribution in [1.29, 1.82) is 0 Å². The summed E-state index contributed by atoms with van der Waals surface area (Å²) < 4.78 is 6.83. The van der Waals surface area contributed by atoms with E-state index in [-0.39, 0.29) is 18.9 Å². The summed E-state index contributed by atoms with van der Waals surface area (Å²) in [6.07, 6.45) is 1.38. The van der Waals surface area contributed by atoms with E-state index in [1.54, 1.807) is 0 Å². The molecule has 8 nitrogen and oxygen atoms in total. The van der Waals surface area contributed by atoms with Gasteiger partial charge in [-0.3, -0.25) is 9.59 Å². The van der Waals surface area contributed by atoms with Crippen LogP contribution in [0.25, 0.3) is 0 Å². The maximum Gasteiger partial charge on any atom is 0.307 e. The lowest BCUT2D eigenvalue weighted by Crippen LogP contribution is -2.33. The summed E-state index contributed by atoms with van der Waals surface area (Å²) in [7, 11) is 1.31. The highest BCUT2D eigenvalue weighted by molar-refractivity contribution is 9.10. The van der Waals surface area contributed by atoms with E-state index in [1.807, 2.05) is 24.3 Å². The molecule has 0 bridgehead atoms. The van der Waals surface area contributed by atoms with Gasteiger partial charge in [-0.05, 0) is 28.1 Å². The van der Waals surface area contributed by atoms with Crippen LogP contribution in [0.15, 0.2) is 35.1 Å². The number of aromatic nitrogens is 4. The SMILES string of the molecule is COC(=O)CC(NC(=O)Cn1cnnn1)c1cccc(Br)c1. The Balaban J connectivity index is 2.10. The van der Waals surface area contributed by atoms with Crippen LogP contribution in [0.2, 0.25) is 0 Å². The lowest BCUT2D eigenvalue weighted by Gasteiger charge is -2.18. The quantitative estimate of drug-likeness (QED) is 0.760. The van der Waals surface area contributed by atoms with E-state index in [0.29, 0.717) is 0 Å². The zero-order valence-corrected chi connectivity index (χ0v) is 13.4. The highest BCUT2D eigenvalue weighted by Crippen LogP contribution is 2.21. The Morgan fingerprint density at radius 2 is 2.27 bits per heavy atom. The second-order valence-electron chi connectivity index (χ2n) is 4.46. The average Bonchev–Trinajstić information content (AvgIpc) is 2.99. The van der Waals surface area contributed by atoms with Crippen molar-refractivity contribution >= 4 is 27.8 Å². The van der Waals surface area contributed by atoms with Crippen LogP contribution in [-0.2, 0) is 20.9 Å². The van der Waals surface area contributed by atoms with Crippen molar-refractivity contribution in [3.05, 3.63) is 40.6 Å². The summed E-state index contributed by atoms with van der Waals surface area (Å²) in [5.74, 6) is -0.714. The number of nitrogens with zero attached hydrogens (tertiary/aromatic N) is 4. The lowest BCUT2D eigenvalue weighted by molar-refractivity contribution is -0.141. The monoisotopic (exact) mass is 367 g/mol. The molecule has 1 unspecified atom stereocenters. The summed E-state index contributed by atoms with van der Waals surface area (Å²) in [6.45, 7) is -0.0291. The molecule has 2 rings (SSSR count). The maximum atomic E-state index is 12.1. The molecule has 9 heteroatoms. The zero-order valence-electron chi connectivity index (χ0n) is 11.8. The topological polar surface area (TPSA) is 99.0 Å². The first-order chi connectivity index (χ1) is 10.6. The predicted octanol–water partition coefficient (Wildman–Crippen LogP) is 0.856. The molecule has 1 atom stereocenters. The largest absolute Gasteiger partial charge is 0.469 e. The van der Waals surface area contributed by atoms with Crippen molar-refractivity contribution in [3.8, 4) is 0 Å². The predicted molar refractivity (Wildman–Crippen MR) is 79.5 cm³/mol. The number of amides is 1. The Bertz CT molecular complexity index is 647. The smallest absolute Gasteiger partial charge is 0.307 e. The van der Waals surface area contributed by atoms with Crippen LogP contribution in [0.5, 0.6) is 0 Å². The van der Waals surface area contributed by atoms with Crippen LogP contribution in [0.1, 0.15) is 18.0 Å². The van der Waals surface area contributed by atoms with Gasteiger partial charge in [0, 0.05) is 4.47 Å². The Kier molecular flexibility index (Phi) is 5.59. The highest BCUT2D eigenvalue weighted by atomic mass is 79.9. The minimum atomic E-state index is -0.492. The van der Waals surface area contributed by atoms with E-state index < -0.39 is 12.0 Å². The molecular formula is C13H14BrN5O3. The lowest BCUT2D eigenvalue weighted by atomic mass is 10.0. The number of benzene rings is 1. The van der Waals surface area contributed by atoms with Crippen LogP contribution >= 0.6 is 15.9 Å². The molecule has 0 aliphatic heterocycles. The van der Waals surface area contributed by atoms with E-state index in [9.17, 15) is 9.59 Å². The van der Waals surface area contributed by atoms with Gasteiger partial charge < -0.3 is 10.1 Å². The zero-order chi connectivity index (χ0) is 15.9. The number of methoxy groups -OCH3 is 1. The summed E-state index contributed by atoms with van der Waals surface area (Å²) in [6, 6.07) is 6.87. The van der Waals surface area contributed by atoms with Gasteiger partial charge in [-0.2, -0.15) is 0 Å². The van der Waals surface area contributed by atoms with Gasteiger partial charge in [0.2, 0.25) is 5.91 Å². The van der Waals surface area contributed by atoms with E-state index in [2.05, 4.69) is 41.5 Å². The Morgan fingerprint density at radius 3 is 2.91 bits per heavy atom. The highest BCUT2D eigenvalue weighted by Gasteiger charge is 2.19. The molecule has 0 aliphatic carbocycles. The first kappa shape index (κ1) is 16.1. The number of esters is 1. The van der Waals surface area contributed by atoms with Gasteiger partial charge in [-0.1, -0.05) is 28.1 Å². The number of carbonyl (C=O) groups is 2. The van der Waals surface area contributed by atoms with Crippen LogP contribution in [0.4, 0.5) is 0 Å². The number of hydrogen-bond acceptors (Lipinski definition) is 6. The van der Waals surface area contributed by atoms with Gasteiger partial charge in [0.1, 0.15) is 12.9 Å². The number of carbonyl (C=O) groups excluding carboxylic acids is 2. The number of halogens is 1. The molecule has 116 valence electrons. The Hall–Kier alpha value is -2.29. The molecule has 0 radical (unpaired) electrons. The standard InChI is InChI=1S/C13H14BrN5O3/c1-22-13(21)6-11(9-3-2-4-10(14)5-9)16-12(20)7-19-8-15-17-18-19/h2-5,8,11H,6-7H2,1H3,(H,16,20). The molecule has 1 aromatic heterocycles. The number of tetrazole rings is 1. The number of rotatable bonds is 6. The van der Waals surface area contributed by atoms with Crippen LogP contribution in [0, 0.1) is 0 Å². The molecule has 1 aromatic carbocycles. The van der Waals surface area contributed by atoms with Gasteiger partial charge in [-0.15, -0.1) is 5.10 Å². The minimum Gasteiger partial charge on any atom is -0.469 e. The third-order valence-corrected chi connectivity index (χ3v) is 3.38. The molecule has 0 fully saturated rings. The van der Waals surface area contributed by atoms with E-state index in [4.69, 9.17) is 0 Å². The fraction of sp³-hybridized carbons (Fsp3) is 0.308. The van der Waals surface area contributed by atoms with Gasteiger partial charge in [0.05, 0.1) is 19.6 Å². The summed E-state index contributed by atoms with van der Waals surface area (Å²) >= 11 is 3.37. The summed E-state index contributed by atoms with van der Waals surface area (Å²) in [5.41, 5.74) is 0.796. The molecule has 0 saturated carbocycles. The Morgan fingerprint density at radius 1 is 1.45 bits per heavy atom. The van der Waals surface area contributed by atoms with Gasteiger partial charge >= 0.3 is 5.97 Å². The normalized spacial score (nSPS) is 11.7. The first-order valence-electron chi connectivity index (χ1n) is 6.41. The van der Waals surface area contributed by atoms with Crippen LogP contribution < -0.4 is 5.32 Å². The molecule has 0 spiro atoms. The molecule has 1 amide bonds. The van der Waals surface area contributed by atoms with Crippen molar-refractivity contribution < 1.29 is 14.3 Å². The van der Waals surface area contributed by atoms with Crippen LogP contribution in [0.3, 0.4) is 0 Å². The van der Waals surface area contributed by atoms with E-state index in [0.717, 1.165) is 10.0 Å². The molecule has 0 aliphatic rings. The number of ether oxygens (including phenoxy) is 1. The maximum absolute atomic E-state index is 12.1. The second-order valence-corrected chi connectivity index (χ2v) is 5.38. The van der Waals surface area contributed by atoms with Crippen molar-refractivity contribution in [2.75, 3.05) is 7.11 Å². The second kappa shape index (κ2) is 7.64. The summed E-state index contributed by atoms with van der Waals surface area (Å²) in [5, 5.41) is 13.3. The molecular weight excluding hydrogens is 354 g/mol. The van der Waals surface area contributed by atoms with Crippen molar-refractivity contribution in [1.82, 2.24) is 25.5 Å². The molecule has 0 saturated heterocycles. The molecule has 1 heterocycles. The van der Waals surface area contributed by atoms with Crippen LogP contribution in [-0.4, -0.2) is 39.2 Å². The summed E-state index contributed by atoms with van der Waals surface area (Å²) in [4.78, 5) is 23.6. The van der Waals surface area contributed by atoms with E-state index >= 15 is 0 Å².